The fraction of sp³-hybridized carbons (Fsp3) is 0.150. The highest BCUT2D eigenvalue weighted by Gasteiger charge is 2.07. The van der Waals surface area contributed by atoms with Crippen LogP contribution in [0.3, 0.4) is 0 Å². The van der Waals surface area contributed by atoms with Gasteiger partial charge in [0.1, 0.15) is 18.2 Å². The number of nitrogens with zero attached hydrogens (tertiary/aromatic N) is 1. The number of para-hydroxylation sites is 1. The van der Waals surface area contributed by atoms with Crippen LogP contribution in [-0.2, 0) is 9.59 Å². The van der Waals surface area contributed by atoms with Gasteiger partial charge in [-0.3, -0.25) is 9.59 Å². The van der Waals surface area contributed by atoms with E-state index in [4.69, 9.17) is 4.74 Å². The van der Waals surface area contributed by atoms with Crippen LogP contribution in [-0.4, -0.2) is 24.6 Å². The third kappa shape index (κ3) is 7.11. The molecule has 0 unspecified atom stereocenters. The molecule has 0 aliphatic rings. The number of anilines is 1. The lowest BCUT2D eigenvalue weighted by molar-refractivity contribution is -0.124. The predicted molar refractivity (Wildman–Crippen MR) is 102 cm³/mol. The summed E-state index contributed by atoms with van der Waals surface area (Å²) >= 11 is 0. The van der Waals surface area contributed by atoms with Gasteiger partial charge < -0.3 is 10.1 Å². The number of hydrogen-bond donors (Lipinski definition) is 2. The molecule has 0 aliphatic carbocycles. The molecule has 0 fully saturated rings. The van der Waals surface area contributed by atoms with Gasteiger partial charge >= 0.3 is 0 Å². The van der Waals surface area contributed by atoms with Crippen LogP contribution in [0.15, 0.2) is 66.3 Å². The van der Waals surface area contributed by atoms with Crippen LogP contribution in [0, 0.1) is 5.82 Å². The molecule has 6 nitrogen and oxygen atoms in total. The molecular weight excluding hydrogens is 349 g/mol. The maximum absolute atomic E-state index is 12.8. The lowest BCUT2D eigenvalue weighted by Gasteiger charge is -2.06. The molecule has 0 aromatic heterocycles. The largest absolute Gasteiger partial charge is 0.489 e. The zero-order valence-corrected chi connectivity index (χ0v) is 14.7. The minimum atomic E-state index is -0.398. The Kier molecular flexibility index (Phi) is 7.71. The summed E-state index contributed by atoms with van der Waals surface area (Å²) in [5, 5.41) is 6.46. The molecule has 7 heteroatoms. The minimum absolute atomic E-state index is 0.0161. The van der Waals surface area contributed by atoms with Gasteiger partial charge in [0.05, 0.1) is 6.21 Å². The molecule has 2 aromatic carbocycles. The molecule has 2 rings (SSSR count). The molecular formula is C20H20FN3O3. The van der Waals surface area contributed by atoms with Crippen molar-refractivity contribution < 1.29 is 18.7 Å². The molecule has 0 radical (unpaired) electrons. The zero-order valence-electron chi connectivity index (χ0n) is 14.7. The lowest BCUT2D eigenvalue weighted by Crippen LogP contribution is -2.20. The summed E-state index contributed by atoms with van der Waals surface area (Å²) in [7, 11) is 0. The molecule has 0 heterocycles. The van der Waals surface area contributed by atoms with Crippen molar-refractivity contribution in [3.63, 3.8) is 0 Å². The molecule has 2 N–H and O–H groups in total. The number of halogens is 1. The van der Waals surface area contributed by atoms with Crippen molar-refractivity contribution in [3.8, 4) is 5.75 Å². The zero-order chi connectivity index (χ0) is 19.5. The van der Waals surface area contributed by atoms with Gasteiger partial charge in [0.2, 0.25) is 11.8 Å². The molecule has 0 atom stereocenters. The van der Waals surface area contributed by atoms with Gasteiger partial charge in [0.15, 0.2) is 0 Å². The first-order valence-corrected chi connectivity index (χ1v) is 8.28. The second kappa shape index (κ2) is 10.5. The number of rotatable bonds is 9. The van der Waals surface area contributed by atoms with E-state index >= 15 is 0 Å². The molecule has 0 aliphatic heterocycles. The number of hydrazone groups is 1. The summed E-state index contributed by atoms with van der Waals surface area (Å²) in [4.78, 5) is 23.6. The Morgan fingerprint density at radius 1 is 1.07 bits per heavy atom. The molecule has 27 heavy (non-hydrogen) atoms. The first kappa shape index (κ1) is 19.8. The Morgan fingerprint density at radius 3 is 2.52 bits per heavy atom. The van der Waals surface area contributed by atoms with Gasteiger partial charge in [-0.05, 0) is 36.4 Å². The molecule has 0 saturated carbocycles. The van der Waals surface area contributed by atoms with Crippen LogP contribution in [0.2, 0.25) is 0 Å². The smallest absolute Gasteiger partial charge is 0.240 e. The second-order valence-corrected chi connectivity index (χ2v) is 5.49. The number of hydrogen-bond acceptors (Lipinski definition) is 4. The van der Waals surface area contributed by atoms with E-state index in [0.717, 1.165) is 0 Å². The van der Waals surface area contributed by atoms with E-state index in [1.54, 1.807) is 18.2 Å². The van der Waals surface area contributed by atoms with Gasteiger partial charge in [-0.1, -0.05) is 24.8 Å². The summed E-state index contributed by atoms with van der Waals surface area (Å²) in [5.74, 6) is -0.510. The quantitative estimate of drug-likeness (QED) is 0.404. The van der Waals surface area contributed by atoms with E-state index in [-0.39, 0.29) is 24.6 Å². The van der Waals surface area contributed by atoms with Crippen LogP contribution < -0.4 is 15.5 Å². The Hall–Kier alpha value is -3.48. The number of ether oxygens (including phenoxy) is 1. The number of benzene rings is 2. The van der Waals surface area contributed by atoms with Crippen LogP contribution in [0.5, 0.6) is 5.75 Å². The summed E-state index contributed by atoms with van der Waals surface area (Å²) in [6, 6.07) is 12.6. The summed E-state index contributed by atoms with van der Waals surface area (Å²) in [6.45, 7) is 3.95. The first-order valence-electron chi connectivity index (χ1n) is 8.28. The minimum Gasteiger partial charge on any atom is -0.489 e. The second-order valence-electron chi connectivity index (χ2n) is 5.49. The summed E-state index contributed by atoms with van der Waals surface area (Å²) < 4.78 is 18.3. The Balaban J connectivity index is 1.77. The highest BCUT2D eigenvalue weighted by atomic mass is 19.1. The maximum Gasteiger partial charge on any atom is 0.240 e. The van der Waals surface area contributed by atoms with Gasteiger partial charge in [-0.25, -0.2) is 9.82 Å². The van der Waals surface area contributed by atoms with E-state index in [0.29, 0.717) is 23.6 Å². The number of amides is 2. The molecule has 140 valence electrons. The van der Waals surface area contributed by atoms with Crippen molar-refractivity contribution in [2.24, 2.45) is 5.10 Å². The molecule has 0 spiro atoms. The van der Waals surface area contributed by atoms with Crippen molar-refractivity contribution in [2.45, 2.75) is 12.8 Å². The van der Waals surface area contributed by atoms with Gasteiger partial charge in [-0.2, -0.15) is 5.10 Å². The standard InChI is InChI=1S/C20H20FN3O3/c1-2-13-27-18-6-4-3-5-15(18)14-22-24-20(26)12-11-19(25)23-17-9-7-16(21)8-10-17/h2-10,14H,1,11-13H2,(H,23,25)(H,24,26). The predicted octanol–water partition coefficient (Wildman–Crippen LogP) is 3.26. The monoisotopic (exact) mass is 369 g/mol. The van der Waals surface area contributed by atoms with Crippen molar-refractivity contribution in [1.29, 1.82) is 0 Å². The number of carbonyl (C=O) groups is 2. The average molecular weight is 369 g/mol. The maximum atomic E-state index is 12.8. The fourth-order valence-electron chi connectivity index (χ4n) is 2.08. The van der Waals surface area contributed by atoms with Crippen molar-refractivity contribution in [1.82, 2.24) is 5.43 Å². The third-order valence-corrected chi connectivity index (χ3v) is 3.38. The normalized spacial score (nSPS) is 10.4. The van der Waals surface area contributed by atoms with Crippen LogP contribution in [0.4, 0.5) is 10.1 Å². The highest BCUT2D eigenvalue weighted by Crippen LogP contribution is 2.15. The van der Waals surface area contributed by atoms with Crippen molar-refractivity contribution >= 4 is 23.7 Å². The van der Waals surface area contributed by atoms with Crippen LogP contribution >= 0.6 is 0 Å². The molecule has 2 amide bonds. The Bertz CT molecular complexity index is 819. The lowest BCUT2D eigenvalue weighted by atomic mass is 10.2. The SMILES string of the molecule is C=CCOc1ccccc1C=NNC(=O)CCC(=O)Nc1ccc(F)cc1. The first-order chi connectivity index (χ1) is 13.1. The van der Waals surface area contributed by atoms with Crippen molar-refractivity contribution in [3.05, 3.63) is 72.6 Å². The van der Waals surface area contributed by atoms with E-state index < -0.39 is 5.91 Å². The van der Waals surface area contributed by atoms with E-state index in [1.165, 1.54) is 30.5 Å². The number of carbonyl (C=O) groups excluding carboxylic acids is 2. The van der Waals surface area contributed by atoms with Crippen molar-refractivity contribution in [2.75, 3.05) is 11.9 Å². The summed E-state index contributed by atoms with van der Waals surface area (Å²) in [6.07, 6.45) is 3.05. The van der Waals surface area contributed by atoms with Gasteiger partial charge in [-0.15, -0.1) is 0 Å². The van der Waals surface area contributed by atoms with E-state index in [1.807, 2.05) is 12.1 Å². The van der Waals surface area contributed by atoms with Gasteiger partial charge in [0, 0.05) is 24.1 Å². The Morgan fingerprint density at radius 2 is 1.78 bits per heavy atom. The molecule has 0 bridgehead atoms. The summed E-state index contributed by atoms with van der Waals surface area (Å²) in [5.41, 5.74) is 3.54. The van der Waals surface area contributed by atoms with Gasteiger partial charge in [0.25, 0.3) is 0 Å². The topological polar surface area (TPSA) is 79.8 Å². The number of nitrogens with one attached hydrogen (secondary N) is 2. The van der Waals surface area contributed by atoms with Crippen LogP contribution in [0.1, 0.15) is 18.4 Å². The van der Waals surface area contributed by atoms with E-state index in [9.17, 15) is 14.0 Å². The average Bonchev–Trinajstić information content (AvgIpc) is 2.67. The fourth-order valence-corrected chi connectivity index (χ4v) is 2.08. The molecule has 0 saturated heterocycles. The van der Waals surface area contributed by atoms with E-state index in [2.05, 4.69) is 22.4 Å². The Labute approximate surface area is 156 Å². The molecule has 2 aromatic rings. The highest BCUT2D eigenvalue weighted by molar-refractivity contribution is 5.93. The third-order valence-electron chi connectivity index (χ3n) is 3.38. The van der Waals surface area contributed by atoms with Crippen LogP contribution in [0.25, 0.3) is 0 Å².